The summed E-state index contributed by atoms with van der Waals surface area (Å²) in [6.07, 6.45) is 5.93. The van der Waals surface area contributed by atoms with Crippen molar-refractivity contribution in [3.63, 3.8) is 0 Å². The summed E-state index contributed by atoms with van der Waals surface area (Å²) in [5.74, 6) is -1.15. The van der Waals surface area contributed by atoms with Crippen LogP contribution in [0.1, 0.15) is 42.1 Å². The van der Waals surface area contributed by atoms with E-state index in [1.807, 2.05) is 16.7 Å². The summed E-state index contributed by atoms with van der Waals surface area (Å²) in [5, 5.41) is 9.67. The van der Waals surface area contributed by atoms with E-state index in [-0.39, 0.29) is 5.56 Å². The highest BCUT2D eigenvalue weighted by atomic mass is 16.4. The lowest BCUT2D eigenvalue weighted by atomic mass is 10.1. The average Bonchev–Trinajstić information content (AvgIpc) is 2.93. The number of pyridine rings is 1. The first-order valence-electron chi connectivity index (χ1n) is 6.55. The number of aromatic nitrogens is 1. The van der Waals surface area contributed by atoms with Crippen molar-refractivity contribution >= 4 is 16.9 Å². The molecule has 1 heterocycles. The van der Waals surface area contributed by atoms with Crippen molar-refractivity contribution in [1.82, 2.24) is 4.57 Å². The third-order valence-electron chi connectivity index (χ3n) is 3.89. The van der Waals surface area contributed by atoms with Crippen molar-refractivity contribution in [3.05, 3.63) is 46.2 Å². The molecule has 1 fully saturated rings. The molecule has 1 aromatic carbocycles. The minimum Gasteiger partial charge on any atom is -0.477 e. The molecule has 3 rings (SSSR count). The van der Waals surface area contributed by atoms with Crippen LogP contribution in [-0.4, -0.2) is 15.6 Å². The van der Waals surface area contributed by atoms with E-state index in [9.17, 15) is 14.7 Å². The second kappa shape index (κ2) is 4.53. The van der Waals surface area contributed by atoms with Gasteiger partial charge in [0.25, 0.3) is 0 Å². The van der Waals surface area contributed by atoms with Crippen molar-refractivity contribution in [2.45, 2.75) is 31.7 Å². The maximum absolute atomic E-state index is 12.1. The van der Waals surface area contributed by atoms with E-state index >= 15 is 0 Å². The fraction of sp³-hybridized carbons (Fsp3) is 0.333. The first kappa shape index (κ1) is 12.0. The summed E-state index contributed by atoms with van der Waals surface area (Å²) >= 11 is 0. The lowest BCUT2D eigenvalue weighted by Gasteiger charge is -2.18. The molecule has 98 valence electrons. The lowest BCUT2D eigenvalue weighted by Crippen LogP contribution is -2.20. The maximum atomic E-state index is 12.1. The Balaban J connectivity index is 2.33. The Bertz CT molecular complexity index is 696. The molecule has 1 aliphatic carbocycles. The van der Waals surface area contributed by atoms with Crippen LogP contribution in [-0.2, 0) is 0 Å². The third kappa shape index (κ3) is 1.93. The molecule has 1 N–H and O–H groups in total. The Kier molecular flexibility index (Phi) is 2.85. The van der Waals surface area contributed by atoms with E-state index in [0.717, 1.165) is 31.2 Å². The Morgan fingerprint density at radius 1 is 1.21 bits per heavy atom. The number of para-hydroxylation sites is 1. The van der Waals surface area contributed by atoms with Crippen LogP contribution in [0.2, 0.25) is 0 Å². The number of benzene rings is 1. The van der Waals surface area contributed by atoms with Crippen LogP contribution in [0.4, 0.5) is 0 Å². The first-order chi connectivity index (χ1) is 9.18. The van der Waals surface area contributed by atoms with Gasteiger partial charge in [-0.2, -0.15) is 0 Å². The van der Waals surface area contributed by atoms with Gasteiger partial charge in [0.15, 0.2) is 0 Å². The Morgan fingerprint density at radius 2 is 1.89 bits per heavy atom. The van der Waals surface area contributed by atoms with Crippen LogP contribution in [0.3, 0.4) is 0 Å². The molecule has 4 heteroatoms. The molecule has 0 saturated heterocycles. The van der Waals surface area contributed by atoms with Crippen molar-refractivity contribution in [1.29, 1.82) is 0 Å². The van der Waals surface area contributed by atoms with E-state index in [2.05, 4.69) is 0 Å². The molecule has 0 spiro atoms. The highest BCUT2D eigenvalue weighted by molar-refractivity contribution is 5.92. The Morgan fingerprint density at radius 3 is 2.58 bits per heavy atom. The Labute approximate surface area is 110 Å². The zero-order valence-electron chi connectivity index (χ0n) is 10.5. The topological polar surface area (TPSA) is 59.3 Å². The van der Waals surface area contributed by atoms with Gasteiger partial charge in [-0.25, -0.2) is 4.79 Å². The van der Waals surface area contributed by atoms with Crippen LogP contribution in [0, 0.1) is 0 Å². The molecule has 1 saturated carbocycles. The molecule has 19 heavy (non-hydrogen) atoms. The molecule has 1 aromatic heterocycles. The van der Waals surface area contributed by atoms with Crippen LogP contribution >= 0.6 is 0 Å². The third-order valence-corrected chi connectivity index (χ3v) is 3.89. The summed E-state index contributed by atoms with van der Waals surface area (Å²) in [5.41, 5.74) is 0.312. The van der Waals surface area contributed by atoms with Gasteiger partial charge in [-0.3, -0.25) is 4.79 Å². The number of carboxylic acid groups (broad SMARTS) is 1. The van der Waals surface area contributed by atoms with E-state index in [4.69, 9.17) is 0 Å². The minimum atomic E-state index is -1.15. The number of carbonyl (C=O) groups is 1. The molecule has 4 nitrogen and oxygen atoms in total. The standard InChI is InChI=1S/C15H15NO3/c17-14-11-7-3-4-8-13(11)16(9-12(14)15(18)19)10-5-1-2-6-10/h3-4,7-10H,1-2,5-6H2,(H,18,19). The van der Waals surface area contributed by atoms with Gasteiger partial charge < -0.3 is 9.67 Å². The van der Waals surface area contributed by atoms with Gasteiger partial charge in [-0.05, 0) is 25.0 Å². The van der Waals surface area contributed by atoms with E-state index in [0.29, 0.717) is 11.4 Å². The van der Waals surface area contributed by atoms with Gasteiger partial charge in [0.2, 0.25) is 5.43 Å². The van der Waals surface area contributed by atoms with Gasteiger partial charge in [0.05, 0.1) is 5.52 Å². The number of fused-ring (bicyclic) bond motifs is 1. The number of aromatic carboxylic acids is 1. The largest absolute Gasteiger partial charge is 0.477 e. The molecule has 0 radical (unpaired) electrons. The smallest absolute Gasteiger partial charge is 0.341 e. The normalized spacial score (nSPS) is 16.0. The van der Waals surface area contributed by atoms with E-state index in [1.165, 1.54) is 6.20 Å². The highest BCUT2D eigenvalue weighted by Gasteiger charge is 2.21. The molecular weight excluding hydrogens is 242 g/mol. The van der Waals surface area contributed by atoms with Crippen LogP contribution in [0.15, 0.2) is 35.3 Å². The maximum Gasteiger partial charge on any atom is 0.341 e. The summed E-state index contributed by atoms with van der Waals surface area (Å²) in [6, 6.07) is 7.56. The predicted molar refractivity (Wildman–Crippen MR) is 72.7 cm³/mol. The average molecular weight is 257 g/mol. The summed E-state index contributed by atoms with van der Waals surface area (Å²) in [7, 11) is 0. The molecule has 0 bridgehead atoms. The molecular formula is C15H15NO3. The van der Waals surface area contributed by atoms with Crippen molar-refractivity contribution in [2.75, 3.05) is 0 Å². The minimum absolute atomic E-state index is 0.134. The summed E-state index contributed by atoms with van der Waals surface area (Å²) in [4.78, 5) is 23.4. The number of carboxylic acids is 1. The molecule has 2 aromatic rings. The summed E-state index contributed by atoms with van der Waals surface area (Å²) in [6.45, 7) is 0. The van der Waals surface area contributed by atoms with E-state index < -0.39 is 11.4 Å². The van der Waals surface area contributed by atoms with Gasteiger partial charge >= 0.3 is 5.97 Å². The van der Waals surface area contributed by atoms with E-state index in [1.54, 1.807) is 12.1 Å². The zero-order valence-corrected chi connectivity index (χ0v) is 10.5. The van der Waals surface area contributed by atoms with Crippen LogP contribution in [0.25, 0.3) is 10.9 Å². The second-order valence-electron chi connectivity index (χ2n) is 5.04. The number of hydrogen-bond donors (Lipinski definition) is 1. The monoisotopic (exact) mass is 257 g/mol. The first-order valence-corrected chi connectivity index (χ1v) is 6.55. The molecule has 0 atom stereocenters. The quantitative estimate of drug-likeness (QED) is 0.899. The molecule has 0 amide bonds. The number of nitrogens with zero attached hydrogens (tertiary/aromatic N) is 1. The zero-order chi connectivity index (χ0) is 13.4. The van der Waals surface area contributed by atoms with Crippen molar-refractivity contribution in [2.24, 2.45) is 0 Å². The molecule has 1 aliphatic rings. The fourth-order valence-corrected chi connectivity index (χ4v) is 2.94. The van der Waals surface area contributed by atoms with Crippen molar-refractivity contribution < 1.29 is 9.90 Å². The van der Waals surface area contributed by atoms with Gasteiger partial charge in [0.1, 0.15) is 5.56 Å². The SMILES string of the molecule is O=C(O)c1cn(C2CCCC2)c2ccccc2c1=O. The van der Waals surface area contributed by atoms with Gasteiger partial charge in [0, 0.05) is 17.6 Å². The second-order valence-corrected chi connectivity index (χ2v) is 5.04. The predicted octanol–water partition coefficient (Wildman–Crippen LogP) is 2.81. The van der Waals surface area contributed by atoms with Gasteiger partial charge in [-0.1, -0.05) is 25.0 Å². The highest BCUT2D eigenvalue weighted by Crippen LogP contribution is 2.31. The fourth-order valence-electron chi connectivity index (χ4n) is 2.94. The number of rotatable bonds is 2. The lowest BCUT2D eigenvalue weighted by molar-refractivity contribution is 0.0694. The summed E-state index contributed by atoms with van der Waals surface area (Å²) < 4.78 is 1.98. The molecule has 0 unspecified atom stereocenters. The van der Waals surface area contributed by atoms with Crippen LogP contribution in [0.5, 0.6) is 0 Å². The Hall–Kier alpha value is -2.10. The van der Waals surface area contributed by atoms with Crippen LogP contribution < -0.4 is 5.43 Å². The van der Waals surface area contributed by atoms with Gasteiger partial charge in [-0.15, -0.1) is 0 Å². The van der Waals surface area contributed by atoms with Crippen molar-refractivity contribution in [3.8, 4) is 0 Å². The number of hydrogen-bond acceptors (Lipinski definition) is 2. The molecule has 0 aliphatic heterocycles.